The van der Waals surface area contributed by atoms with E-state index in [0.29, 0.717) is 45.7 Å². The van der Waals surface area contributed by atoms with Crippen LogP contribution in [-0.4, -0.2) is 51.4 Å². The first kappa shape index (κ1) is 27.8. The highest BCUT2D eigenvalue weighted by Gasteiger charge is 2.18. The first-order chi connectivity index (χ1) is 19.3. The van der Waals surface area contributed by atoms with Gasteiger partial charge in [0.15, 0.2) is 11.5 Å². The van der Waals surface area contributed by atoms with Gasteiger partial charge in [0, 0.05) is 35.5 Å². The Balaban J connectivity index is 1.71. The lowest BCUT2D eigenvalue weighted by molar-refractivity contribution is 0.102. The molecule has 0 radical (unpaired) electrons. The molecule has 0 bridgehead atoms. The number of hydrogen-bond acceptors (Lipinski definition) is 10. The Morgan fingerprint density at radius 1 is 0.725 bits per heavy atom. The second kappa shape index (κ2) is 12.6. The number of nitrogens with zero attached hydrogens (tertiary/aromatic N) is 2. The number of rotatable bonds is 11. The summed E-state index contributed by atoms with van der Waals surface area (Å²) in [7, 11) is 7.68. The van der Waals surface area contributed by atoms with E-state index in [-0.39, 0.29) is 17.5 Å². The molecule has 1 amide bonds. The molecule has 3 aromatic carbocycles. The fourth-order valence-electron chi connectivity index (χ4n) is 3.69. The number of hydrogen-bond donors (Lipinski definition) is 2. The minimum absolute atomic E-state index is 0.0812. The van der Waals surface area contributed by atoms with Crippen molar-refractivity contribution in [2.45, 2.75) is 6.92 Å². The monoisotopic (exact) mass is 546 g/mol. The molecule has 0 spiro atoms. The second-order valence-electron chi connectivity index (χ2n) is 8.45. The maximum absolute atomic E-state index is 13.2. The topological polar surface area (TPSA) is 122 Å². The predicted octanol–water partition coefficient (Wildman–Crippen LogP) is 5.62. The number of carbonyl (C=O) groups excluding carboxylic acids is 1. The highest BCUT2D eigenvalue weighted by atomic mass is 16.5. The Morgan fingerprint density at radius 3 is 1.90 bits per heavy atom. The summed E-state index contributed by atoms with van der Waals surface area (Å²) in [6.45, 7) is 1.94. The van der Waals surface area contributed by atoms with E-state index < -0.39 is 5.91 Å². The SMILES string of the molecule is COc1cc(Nc2ncc(NC(=O)c3cc(OC)cc(OC)c3)c(Oc3ccc(C)cc3OC)n2)cc(OC)c1. The lowest BCUT2D eigenvalue weighted by Crippen LogP contribution is -2.14. The zero-order valence-corrected chi connectivity index (χ0v) is 23.0. The smallest absolute Gasteiger partial charge is 0.256 e. The molecule has 0 unspecified atom stereocenters. The molecule has 0 fully saturated rings. The van der Waals surface area contributed by atoms with Gasteiger partial charge in [-0.1, -0.05) is 6.07 Å². The fraction of sp³-hybridized carbons (Fsp3) is 0.207. The van der Waals surface area contributed by atoms with E-state index in [0.717, 1.165) is 5.56 Å². The van der Waals surface area contributed by atoms with Crippen molar-refractivity contribution in [1.29, 1.82) is 0 Å². The molecule has 1 heterocycles. The molecule has 0 aliphatic heterocycles. The largest absolute Gasteiger partial charge is 0.497 e. The number of benzene rings is 3. The van der Waals surface area contributed by atoms with E-state index in [2.05, 4.69) is 20.6 Å². The van der Waals surface area contributed by atoms with E-state index in [4.69, 9.17) is 28.4 Å². The van der Waals surface area contributed by atoms with Crippen molar-refractivity contribution < 1.29 is 33.2 Å². The van der Waals surface area contributed by atoms with Gasteiger partial charge in [-0.3, -0.25) is 4.79 Å². The summed E-state index contributed by atoms with van der Waals surface area (Å²) >= 11 is 0. The molecule has 0 saturated carbocycles. The number of carbonyl (C=O) groups is 1. The first-order valence-corrected chi connectivity index (χ1v) is 12.1. The molecule has 40 heavy (non-hydrogen) atoms. The van der Waals surface area contributed by atoms with Crippen molar-refractivity contribution in [2.24, 2.45) is 0 Å². The van der Waals surface area contributed by atoms with E-state index in [1.807, 2.05) is 19.1 Å². The van der Waals surface area contributed by atoms with Gasteiger partial charge in [0.05, 0.1) is 41.7 Å². The van der Waals surface area contributed by atoms with Gasteiger partial charge in [0.25, 0.3) is 5.91 Å². The van der Waals surface area contributed by atoms with Crippen LogP contribution in [0.25, 0.3) is 0 Å². The molecule has 0 aliphatic carbocycles. The zero-order valence-electron chi connectivity index (χ0n) is 23.0. The molecule has 208 valence electrons. The Morgan fingerprint density at radius 2 is 1.32 bits per heavy atom. The molecule has 11 nitrogen and oxygen atoms in total. The standard InChI is InChI=1S/C29H30N4O7/c1-17-7-8-25(26(9-17)39-6)40-28-24(32-27(34)18-10-20(35-2)14-21(11-18)36-3)16-30-29(33-28)31-19-12-22(37-4)15-23(13-19)38-5/h7-16H,1-6H3,(H,32,34)(H,30,31,33). The summed E-state index contributed by atoms with van der Waals surface area (Å²) in [5.41, 5.74) is 2.14. The molecule has 11 heteroatoms. The minimum atomic E-state index is -0.445. The highest BCUT2D eigenvalue weighted by molar-refractivity contribution is 6.05. The van der Waals surface area contributed by atoms with Gasteiger partial charge >= 0.3 is 0 Å². The number of aryl methyl sites for hydroxylation is 1. The van der Waals surface area contributed by atoms with Gasteiger partial charge in [0.2, 0.25) is 11.8 Å². The van der Waals surface area contributed by atoms with E-state index >= 15 is 0 Å². The average Bonchev–Trinajstić information content (AvgIpc) is 2.98. The summed E-state index contributed by atoms with van der Waals surface area (Å²) < 4.78 is 32.9. The van der Waals surface area contributed by atoms with Crippen molar-refractivity contribution >= 4 is 23.2 Å². The third kappa shape index (κ3) is 6.62. The Kier molecular flexibility index (Phi) is 8.75. The summed E-state index contributed by atoms with van der Waals surface area (Å²) in [4.78, 5) is 22.2. The Bertz CT molecular complexity index is 1470. The zero-order chi connectivity index (χ0) is 28.6. The summed E-state index contributed by atoms with van der Waals surface area (Å²) in [6, 6.07) is 15.6. The van der Waals surface area contributed by atoms with Gasteiger partial charge < -0.3 is 39.1 Å². The molecular weight excluding hydrogens is 516 g/mol. The van der Waals surface area contributed by atoms with Crippen molar-refractivity contribution in [3.8, 4) is 40.4 Å². The molecule has 0 saturated heterocycles. The van der Waals surface area contributed by atoms with Gasteiger partial charge in [-0.2, -0.15) is 4.98 Å². The number of anilines is 3. The summed E-state index contributed by atoms with van der Waals surface area (Å²) in [5.74, 6) is 2.85. The number of ether oxygens (including phenoxy) is 6. The first-order valence-electron chi connectivity index (χ1n) is 12.1. The van der Waals surface area contributed by atoms with Crippen LogP contribution in [0.4, 0.5) is 17.3 Å². The van der Waals surface area contributed by atoms with Crippen LogP contribution in [0.2, 0.25) is 0 Å². The number of aromatic nitrogens is 2. The van der Waals surface area contributed by atoms with Crippen LogP contribution in [0.5, 0.6) is 40.4 Å². The Labute approximate surface area is 232 Å². The molecule has 4 rings (SSSR count). The quantitative estimate of drug-likeness (QED) is 0.245. The van der Waals surface area contributed by atoms with E-state index in [1.165, 1.54) is 20.4 Å². The number of nitrogens with one attached hydrogen (secondary N) is 2. The number of methoxy groups -OCH3 is 5. The van der Waals surface area contributed by atoms with Crippen molar-refractivity contribution in [3.63, 3.8) is 0 Å². The van der Waals surface area contributed by atoms with Gasteiger partial charge in [-0.05, 0) is 36.8 Å². The van der Waals surface area contributed by atoms with Crippen molar-refractivity contribution in [2.75, 3.05) is 46.2 Å². The van der Waals surface area contributed by atoms with Crippen LogP contribution in [0.3, 0.4) is 0 Å². The maximum atomic E-state index is 13.2. The predicted molar refractivity (Wildman–Crippen MR) is 150 cm³/mol. The normalized spacial score (nSPS) is 10.3. The summed E-state index contributed by atoms with van der Waals surface area (Å²) in [5, 5.41) is 5.94. The average molecular weight is 547 g/mol. The van der Waals surface area contributed by atoms with Gasteiger partial charge in [-0.25, -0.2) is 4.98 Å². The third-order valence-electron chi connectivity index (χ3n) is 5.75. The molecule has 0 atom stereocenters. The highest BCUT2D eigenvalue weighted by Crippen LogP contribution is 2.36. The second-order valence-corrected chi connectivity index (χ2v) is 8.45. The van der Waals surface area contributed by atoms with Crippen LogP contribution >= 0.6 is 0 Å². The molecule has 0 aliphatic rings. The lowest BCUT2D eigenvalue weighted by atomic mass is 10.2. The maximum Gasteiger partial charge on any atom is 0.256 e. The molecular formula is C29H30N4O7. The van der Waals surface area contributed by atoms with Crippen LogP contribution in [0.1, 0.15) is 15.9 Å². The van der Waals surface area contributed by atoms with E-state index in [9.17, 15) is 4.79 Å². The third-order valence-corrected chi connectivity index (χ3v) is 5.75. The van der Waals surface area contributed by atoms with Gasteiger partial charge in [-0.15, -0.1) is 0 Å². The lowest BCUT2D eigenvalue weighted by Gasteiger charge is -2.16. The van der Waals surface area contributed by atoms with Gasteiger partial charge in [0.1, 0.15) is 28.7 Å². The summed E-state index contributed by atoms with van der Waals surface area (Å²) in [6.07, 6.45) is 1.44. The van der Waals surface area contributed by atoms with E-state index in [1.54, 1.807) is 63.8 Å². The van der Waals surface area contributed by atoms with Crippen molar-refractivity contribution in [1.82, 2.24) is 9.97 Å². The fourth-order valence-corrected chi connectivity index (χ4v) is 3.69. The Hall–Kier alpha value is -5.19. The minimum Gasteiger partial charge on any atom is -0.497 e. The van der Waals surface area contributed by atoms with Crippen LogP contribution < -0.4 is 39.1 Å². The van der Waals surface area contributed by atoms with Crippen molar-refractivity contribution in [3.05, 3.63) is 71.9 Å². The molecule has 1 aromatic heterocycles. The van der Waals surface area contributed by atoms with Crippen LogP contribution in [0, 0.1) is 6.92 Å². The van der Waals surface area contributed by atoms with Crippen LogP contribution in [0.15, 0.2) is 60.8 Å². The number of amides is 1. The molecule has 2 N–H and O–H groups in total. The molecule has 4 aromatic rings. The van der Waals surface area contributed by atoms with Crippen LogP contribution in [-0.2, 0) is 0 Å².